The van der Waals surface area contributed by atoms with Crippen molar-refractivity contribution in [1.82, 2.24) is 9.80 Å². The fourth-order valence-electron chi connectivity index (χ4n) is 2.98. The highest BCUT2D eigenvalue weighted by atomic mass is 16.6. The number of piperidine rings is 1. The molecule has 122 valence electrons. The summed E-state index contributed by atoms with van der Waals surface area (Å²) in [7, 11) is 1.81. The number of ether oxygens (including phenoxy) is 1. The number of carbonyl (C=O) groups excluding carboxylic acids is 1. The van der Waals surface area contributed by atoms with E-state index in [1.165, 1.54) is 6.42 Å². The third-order valence-electron chi connectivity index (χ3n) is 4.10. The average molecular weight is 305 g/mol. The van der Waals surface area contributed by atoms with E-state index in [4.69, 9.17) is 10.5 Å². The lowest BCUT2D eigenvalue weighted by Crippen LogP contribution is -2.43. The molecule has 0 spiro atoms. The summed E-state index contributed by atoms with van der Waals surface area (Å²) in [6.45, 7) is 4.85. The van der Waals surface area contributed by atoms with Crippen molar-refractivity contribution in [2.75, 3.05) is 39.8 Å². The van der Waals surface area contributed by atoms with Gasteiger partial charge in [0.25, 0.3) is 0 Å². The summed E-state index contributed by atoms with van der Waals surface area (Å²) in [5.74, 6) is 0.509. The number of benzene rings is 1. The van der Waals surface area contributed by atoms with Gasteiger partial charge in [0.05, 0.1) is 0 Å². The molecular weight excluding hydrogens is 278 g/mol. The molecule has 1 aromatic carbocycles. The van der Waals surface area contributed by atoms with Crippen molar-refractivity contribution in [3.8, 4) is 0 Å². The van der Waals surface area contributed by atoms with E-state index in [2.05, 4.69) is 4.90 Å². The van der Waals surface area contributed by atoms with Crippen molar-refractivity contribution in [1.29, 1.82) is 0 Å². The zero-order valence-corrected chi connectivity index (χ0v) is 13.4. The maximum atomic E-state index is 12.1. The number of carbonyl (C=O) groups is 1. The lowest BCUT2D eigenvalue weighted by Gasteiger charge is -2.34. The van der Waals surface area contributed by atoms with Gasteiger partial charge in [0.15, 0.2) is 0 Å². The highest BCUT2D eigenvalue weighted by Gasteiger charge is 2.22. The van der Waals surface area contributed by atoms with Gasteiger partial charge in [-0.3, -0.25) is 0 Å². The molecule has 1 saturated heterocycles. The van der Waals surface area contributed by atoms with Gasteiger partial charge in [-0.05, 0) is 30.9 Å². The number of nitrogens with zero attached hydrogens (tertiary/aromatic N) is 2. The van der Waals surface area contributed by atoms with E-state index >= 15 is 0 Å². The highest BCUT2D eigenvalue weighted by Crippen LogP contribution is 2.17. The second-order valence-electron chi connectivity index (χ2n) is 6.02. The van der Waals surface area contributed by atoms with Gasteiger partial charge in [-0.25, -0.2) is 4.79 Å². The van der Waals surface area contributed by atoms with Crippen LogP contribution in [0.2, 0.25) is 0 Å². The molecule has 1 fully saturated rings. The molecule has 0 aromatic heterocycles. The Bertz CT molecular complexity index is 450. The zero-order chi connectivity index (χ0) is 15.8. The minimum Gasteiger partial charge on any atom is -0.445 e. The lowest BCUT2D eigenvalue weighted by molar-refractivity contribution is 0.0889. The van der Waals surface area contributed by atoms with Crippen LogP contribution < -0.4 is 5.73 Å². The summed E-state index contributed by atoms with van der Waals surface area (Å²) in [4.78, 5) is 16.1. The van der Waals surface area contributed by atoms with Crippen LogP contribution in [-0.2, 0) is 11.3 Å². The standard InChI is InChI=1S/C17H27N3O2/c1-19(12-16-8-5-10-20(13-16)11-9-18)17(21)22-14-15-6-3-2-4-7-15/h2-4,6-7,16H,5,8-14,18H2,1H3. The predicted molar refractivity (Wildman–Crippen MR) is 87.5 cm³/mol. The van der Waals surface area contributed by atoms with Gasteiger partial charge in [0.2, 0.25) is 0 Å². The van der Waals surface area contributed by atoms with Crippen LogP contribution in [-0.4, -0.2) is 55.7 Å². The number of likely N-dealkylation sites (tertiary alicyclic amines) is 1. The summed E-state index contributed by atoms with van der Waals surface area (Å²) < 4.78 is 5.36. The van der Waals surface area contributed by atoms with Gasteiger partial charge < -0.3 is 20.3 Å². The van der Waals surface area contributed by atoms with Crippen molar-refractivity contribution in [2.24, 2.45) is 11.7 Å². The number of nitrogens with two attached hydrogens (primary N) is 1. The fourth-order valence-corrected chi connectivity index (χ4v) is 2.98. The maximum absolute atomic E-state index is 12.1. The third kappa shape index (κ3) is 5.31. The lowest BCUT2D eigenvalue weighted by atomic mass is 9.97. The molecule has 0 saturated carbocycles. The fraction of sp³-hybridized carbons (Fsp3) is 0.588. The van der Waals surface area contributed by atoms with Crippen LogP contribution in [0.5, 0.6) is 0 Å². The summed E-state index contributed by atoms with van der Waals surface area (Å²) in [6, 6.07) is 9.76. The normalized spacial score (nSPS) is 18.9. The SMILES string of the molecule is CN(CC1CCCN(CCN)C1)C(=O)OCc1ccccc1. The van der Waals surface area contributed by atoms with E-state index in [1.807, 2.05) is 37.4 Å². The predicted octanol–water partition coefficient (Wildman–Crippen LogP) is 1.93. The Morgan fingerprint density at radius 2 is 2.18 bits per heavy atom. The maximum Gasteiger partial charge on any atom is 0.409 e. The minimum absolute atomic E-state index is 0.250. The Morgan fingerprint density at radius 3 is 2.91 bits per heavy atom. The van der Waals surface area contributed by atoms with E-state index in [1.54, 1.807) is 4.90 Å². The van der Waals surface area contributed by atoms with Crippen LogP contribution in [0.4, 0.5) is 4.79 Å². The Morgan fingerprint density at radius 1 is 1.41 bits per heavy atom. The van der Waals surface area contributed by atoms with Crippen molar-refractivity contribution in [2.45, 2.75) is 19.4 Å². The molecular formula is C17H27N3O2. The van der Waals surface area contributed by atoms with Gasteiger partial charge >= 0.3 is 6.09 Å². The number of hydrogen-bond donors (Lipinski definition) is 1. The topological polar surface area (TPSA) is 58.8 Å². The summed E-state index contributed by atoms with van der Waals surface area (Å²) in [6.07, 6.45) is 2.09. The average Bonchev–Trinajstić information content (AvgIpc) is 2.54. The summed E-state index contributed by atoms with van der Waals surface area (Å²) >= 11 is 0. The molecule has 2 N–H and O–H groups in total. The largest absolute Gasteiger partial charge is 0.445 e. The first kappa shape index (κ1) is 16.8. The molecule has 5 heteroatoms. The second-order valence-corrected chi connectivity index (χ2v) is 6.02. The summed E-state index contributed by atoms with van der Waals surface area (Å²) in [5, 5.41) is 0. The monoisotopic (exact) mass is 305 g/mol. The van der Waals surface area contributed by atoms with Crippen LogP contribution in [0, 0.1) is 5.92 Å². The zero-order valence-electron chi connectivity index (χ0n) is 13.4. The molecule has 1 unspecified atom stereocenters. The van der Waals surface area contributed by atoms with Crippen molar-refractivity contribution < 1.29 is 9.53 Å². The van der Waals surface area contributed by atoms with Crippen molar-refractivity contribution >= 4 is 6.09 Å². The molecule has 0 radical (unpaired) electrons. The summed E-state index contributed by atoms with van der Waals surface area (Å²) in [5.41, 5.74) is 6.63. The Hall–Kier alpha value is -1.59. The van der Waals surface area contributed by atoms with Gasteiger partial charge in [-0.2, -0.15) is 0 Å². The first-order valence-electron chi connectivity index (χ1n) is 8.03. The molecule has 1 aliphatic heterocycles. The smallest absolute Gasteiger partial charge is 0.409 e. The van der Waals surface area contributed by atoms with E-state index in [9.17, 15) is 4.79 Å². The molecule has 0 aliphatic carbocycles. The van der Waals surface area contributed by atoms with Gasteiger partial charge in [-0.1, -0.05) is 30.3 Å². The van der Waals surface area contributed by atoms with Gasteiger partial charge in [0.1, 0.15) is 6.61 Å². The van der Waals surface area contributed by atoms with Crippen molar-refractivity contribution in [3.05, 3.63) is 35.9 Å². The molecule has 1 atom stereocenters. The molecule has 1 amide bonds. The van der Waals surface area contributed by atoms with E-state index in [-0.39, 0.29) is 6.09 Å². The van der Waals surface area contributed by atoms with E-state index in [0.717, 1.165) is 38.2 Å². The second kappa shape index (κ2) is 8.76. The molecule has 22 heavy (non-hydrogen) atoms. The quantitative estimate of drug-likeness (QED) is 0.872. The minimum atomic E-state index is -0.250. The van der Waals surface area contributed by atoms with Crippen LogP contribution in [0.15, 0.2) is 30.3 Å². The van der Waals surface area contributed by atoms with Gasteiger partial charge in [-0.15, -0.1) is 0 Å². The Labute approximate surface area is 133 Å². The molecule has 1 heterocycles. The molecule has 0 bridgehead atoms. The van der Waals surface area contributed by atoms with Crippen LogP contribution in [0.1, 0.15) is 18.4 Å². The molecule has 2 rings (SSSR count). The highest BCUT2D eigenvalue weighted by molar-refractivity contribution is 5.67. The Balaban J connectivity index is 1.73. The number of amides is 1. The van der Waals surface area contributed by atoms with Crippen LogP contribution in [0.3, 0.4) is 0 Å². The number of rotatable bonds is 6. The van der Waals surface area contributed by atoms with Crippen molar-refractivity contribution in [3.63, 3.8) is 0 Å². The number of hydrogen-bond acceptors (Lipinski definition) is 4. The van der Waals surface area contributed by atoms with Crippen LogP contribution in [0.25, 0.3) is 0 Å². The molecule has 1 aliphatic rings. The van der Waals surface area contributed by atoms with Crippen LogP contribution >= 0.6 is 0 Å². The van der Waals surface area contributed by atoms with E-state index < -0.39 is 0 Å². The third-order valence-corrected chi connectivity index (χ3v) is 4.10. The van der Waals surface area contributed by atoms with Gasteiger partial charge in [0, 0.05) is 33.2 Å². The first-order chi connectivity index (χ1) is 10.7. The molecule has 5 nitrogen and oxygen atoms in total. The molecule has 1 aromatic rings. The first-order valence-corrected chi connectivity index (χ1v) is 8.03. The van der Waals surface area contributed by atoms with E-state index in [0.29, 0.717) is 19.1 Å². The Kier molecular flexibility index (Phi) is 6.68.